The van der Waals surface area contributed by atoms with E-state index in [0.717, 1.165) is 38.8 Å². The van der Waals surface area contributed by atoms with Gasteiger partial charge < -0.3 is 19.7 Å². The molecule has 2 atom stereocenters. The lowest BCUT2D eigenvalue weighted by molar-refractivity contribution is -0.155. The molecule has 0 bridgehead atoms. The number of rotatable bonds is 2. The topological polar surface area (TPSA) is 50.8 Å². The van der Waals surface area contributed by atoms with E-state index in [4.69, 9.17) is 9.47 Å². The summed E-state index contributed by atoms with van der Waals surface area (Å²) in [6, 6.07) is 0.210. The molecule has 5 nitrogen and oxygen atoms in total. The molecule has 2 fully saturated rings. The lowest BCUT2D eigenvalue weighted by Crippen LogP contribution is -2.56. The molecule has 2 heterocycles. The zero-order valence-electron chi connectivity index (χ0n) is 14.8. The summed E-state index contributed by atoms with van der Waals surface area (Å²) in [7, 11) is 0. The van der Waals surface area contributed by atoms with Crippen LogP contribution in [0.5, 0.6) is 0 Å². The van der Waals surface area contributed by atoms with Crippen molar-refractivity contribution in [1.29, 1.82) is 0 Å². The molecule has 0 aromatic rings. The molecule has 2 saturated heterocycles. The highest BCUT2D eigenvalue weighted by Gasteiger charge is 2.44. The number of piperidine rings is 1. The second-order valence-electron chi connectivity index (χ2n) is 7.72. The van der Waals surface area contributed by atoms with Gasteiger partial charge in [-0.1, -0.05) is 0 Å². The Labute approximate surface area is 134 Å². The summed E-state index contributed by atoms with van der Waals surface area (Å²) in [5.74, 6) is 0. The van der Waals surface area contributed by atoms with Gasteiger partial charge in [0.15, 0.2) is 0 Å². The van der Waals surface area contributed by atoms with Crippen LogP contribution < -0.4 is 5.32 Å². The molecule has 128 valence electrons. The molecule has 0 aliphatic carbocycles. The first kappa shape index (κ1) is 17.5. The number of hydrogen-bond acceptors (Lipinski definition) is 4. The first-order valence-electron chi connectivity index (χ1n) is 8.63. The fourth-order valence-electron chi connectivity index (χ4n) is 3.72. The van der Waals surface area contributed by atoms with E-state index in [2.05, 4.69) is 12.2 Å². The van der Waals surface area contributed by atoms with E-state index in [0.29, 0.717) is 6.54 Å². The van der Waals surface area contributed by atoms with Gasteiger partial charge in [0.2, 0.25) is 0 Å². The van der Waals surface area contributed by atoms with Gasteiger partial charge in [-0.05, 0) is 73.4 Å². The van der Waals surface area contributed by atoms with Gasteiger partial charge >= 0.3 is 6.09 Å². The third kappa shape index (κ3) is 4.35. The number of nitrogens with zero attached hydrogens (tertiary/aromatic N) is 1. The molecule has 5 heteroatoms. The van der Waals surface area contributed by atoms with Crippen LogP contribution in [-0.4, -0.2) is 54.0 Å². The van der Waals surface area contributed by atoms with Crippen molar-refractivity contribution < 1.29 is 14.3 Å². The van der Waals surface area contributed by atoms with Gasteiger partial charge in [-0.25, -0.2) is 4.79 Å². The molecule has 2 rings (SSSR count). The lowest BCUT2D eigenvalue weighted by Gasteiger charge is -2.48. The van der Waals surface area contributed by atoms with Gasteiger partial charge in [0, 0.05) is 12.6 Å². The average Bonchev–Trinajstić information content (AvgIpc) is 2.37. The Balaban J connectivity index is 2.09. The smallest absolute Gasteiger partial charge is 0.410 e. The summed E-state index contributed by atoms with van der Waals surface area (Å²) in [4.78, 5) is 14.4. The highest BCUT2D eigenvalue weighted by Crippen LogP contribution is 2.38. The number of amides is 1. The Morgan fingerprint density at radius 1 is 1.36 bits per heavy atom. The maximum atomic E-state index is 12.5. The first-order valence-corrected chi connectivity index (χ1v) is 8.63. The Bertz CT molecular complexity index is 386. The maximum absolute atomic E-state index is 12.5. The fourth-order valence-corrected chi connectivity index (χ4v) is 3.72. The minimum Gasteiger partial charge on any atom is -0.444 e. The van der Waals surface area contributed by atoms with E-state index in [1.165, 1.54) is 0 Å². The SMILES string of the molecule is CCN(C(=O)OC(C)(C)C)C1CC(C)OC2(CCNCC2)C1. The molecule has 2 aliphatic heterocycles. The summed E-state index contributed by atoms with van der Waals surface area (Å²) < 4.78 is 11.9. The summed E-state index contributed by atoms with van der Waals surface area (Å²) in [5, 5.41) is 3.40. The normalized spacial score (nSPS) is 28.4. The van der Waals surface area contributed by atoms with E-state index in [1.807, 2.05) is 32.6 Å². The zero-order chi connectivity index (χ0) is 16.4. The van der Waals surface area contributed by atoms with Crippen LogP contribution in [0, 0.1) is 0 Å². The number of ether oxygens (including phenoxy) is 2. The van der Waals surface area contributed by atoms with Gasteiger partial charge in [0.25, 0.3) is 0 Å². The number of nitrogens with one attached hydrogen (secondary N) is 1. The van der Waals surface area contributed by atoms with E-state index in [9.17, 15) is 4.79 Å². The second kappa shape index (κ2) is 6.75. The van der Waals surface area contributed by atoms with Crippen molar-refractivity contribution in [1.82, 2.24) is 10.2 Å². The van der Waals surface area contributed by atoms with Crippen LogP contribution >= 0.6 is 0 Å². The molecule has 0 aromatic carbocycles. The van der Waals surface area contributed by atoms with E-state index >= 15 is 0 Å². The van der Waals surface area contributed by atoms with Gasteiger partial charge in [0.1, 0.15) is 5.60 Å². The Hall–Kier alpha value is -0.810. The quantitative estimate of drug-likeness (QED) is 0.852. The van der Waals surface area contributed by atoms with Crippen molar-refractivity contribution in [3.05, 3.63) is 0 Å². The highest BCUT2D eigenvalue weighted by atomic mass is 16.6. The Kier molecular flexibility index (Phi) is 5.38. The van der Waals surface area contributed by atoms with E-state index < -0.39 is 5.60 Å². The average molecular weight is 312 g/mol. The monoisotopic (exact) mass is 312 g/mol. The molecule has 1 spiro atoms. The van der Waals surface area contributed by atoms with Crippen molar-refractivity contribution in [2.24, 2.45) is 0 Å². The summed E-state index contributed by atoms with van der Waals surface area (Å²) in [6.45, 7) is 12.6. The molecule has 2 aliphatic rings. The largest absolute Gasteiger partial charge is 0.444 e. The molecule has 22 heavy (non-hydrogen) atoms. The standard InChI is InChI=1S/C17H32N2O3/c1-6-19(15(20)22-16(3,4)5)14-11-13(2)21-17(12-14)7-9-18-10-8-17/h13-14,18H,6-12H2,1-5H3. The third-order valence-electron chi connectivity index (χ3n) is 4.59. The van der Waals surface area contributed by atoms with E-state index in [-0.39, 0.29) is 23.8 Å². The van der Waals surface area contributed by atoms with Crippen LogP contribution in [0.2, 0.25) is 0 Å². The van der Waals surface area contributed by atoms with Crippen LogP contribution in [0.25, 0.3) is 0 Å². The third-order valence-corrected chi connectivity index (χ3v) is 4.59. The number of carbonyl (C=O) groups is 1. The van der Waals surface area contributed by atoms with Gasteiger partial charge in [-0.2, -0.15) is 0 Å². The van der Waals surface area contributed by atoms with Crippen molar-refractivity contribution in [3.8, 4) is 0 Å². The van der Waals surface area contributed by atoms with Gasteiger partial charge in [-0.15, -0.1) is 0 Å². The van der Waals surface area contributed by atoms with Crippen molar-refractivity contribution >= 4 is 6.09 Å². The minimum absolute atomic E-state index is 0.0665. The summed E-state index contributed by atoms with van der Waals surface area (Å²) in [5.41, 5.74) is -0.517. The van der Waals surface area contributed by atoms with Crippen molar-refractivity contribution in [2.75, 3.05) is 19.6 Å². The molecular formula is C17H32N2O3. The van der Waals surface area contributed by atoms with Crippen LogP contribution in [-0.2, 0) is 9.47 Å². The molecular weight excluding hydrogens is 280 g/mol. The molecule has 1 amide bonds. The predicted octanol–water partition coefficient (Wildman–Crippen LogP) is 2.93. The highest BCUT2D eigenvalue weighted by molar-refractivity contribution is 5.68. The lowest BCUT2D eigenvalue weighted by atomic mass is 9.81. The fraction of sp³-hybridized carbons (Fsp3) is 0.941. The van der Waals surface area contributed by atoms with Crippen LogP contribution in [0.1, 0.15) is 60.3 Å². The Morgan fingerprint density at radius 2 is 2.00 bits per heavy atom. The van der Waals surface area contributed by atoms with Gasteiger partial charge in [0.05, 0.1) is 11.7 Å². The molecule has 0 radical (unpaired) electrons. The number of hydrogen-bond donors (Lipinski definition) is 1. The van der Waals surface area contributed by atoms with E-state index in [1.54, 1.807) is 0 Å². The minimum atomic E-state index is -0.451. The summed E-state index contributed by atoms with van der Waals surface area (Å²) in [6.07, 6.45) is 3.86. The molecule has 0 saturated carbocycles. The Morgan fingerprint density at radius 3 is 2.55 bits per heavy atom. The second-order valence-corrected chi connectivity index (χ2v) is 7.72. The molecule has 2 unspecified atom stereocenters. The van der Waals surface area contributed by atoms with Crippen LogP contribution in [0.15, 0.2) is 0 Å². The van der Waals surface area contributed by atoms with Crippen LogP contribution in [0.3, 0.4) is 0 Å². The predicted molar refractivity (Wildman–Crippen MR) is 87.0 cm³/mol. The number of carbonyl (C=O) groups excluding carboxylic acids is 1. The van der Waals surface area contributed by atoms with Gasteiger partial charge in [-0.3, -0.25) is 0 Å². The summed E-state index contributed by atoms with van der Waals surface area (Å²) >= 11 is 0. The van der Waals surface area contributed by atoms with Crippen molar-refractivity contribution in [2.45, 2.75) is 83.6 Å². The molecule has 1 N–H and O–H groups in total. The van der Waals surface area contributed by atoms with Crippen molar-refractivity contribution in [3.63, 3.8) is 0 Å². The maximum Gasteiger partial charge on any atom is 0.410 e. The molecule has 0 aromatic heterocycles. The zero-order valence-corrected chi connectivity index (χ0v) is 14.8. The van der Waals surface area contributed by atoms with Crippen LogP contribution in [0.4, 0.5) is 4.79 Å². The first-order chi connectivity index (χ1) is 10.2.